The first-order chi connectivity index (χ1) is 7.79. The van der Waals surface area contributed by atoms with Gasteiger partial charge in [-0.3, -0.25) is 0 Å². The highest BCUT2D eigenvalue weighted by Gasteiger charge is 2.81. The van der Waals surface area contributed by atoms with Gasteiger partial charge in [-0.05, 0) is 85.9 Å². The van der Waals surface area contributed by atoms with Crippen LogP contribution < -0.4 is 0 Å². The highest BCUT2D eigenvalue weighted by Crippen LogP contribution is 2.90. The van der Waals surface area contributed by atoms with Crippen molar-refractivity contribution < 1.29 is 0 Å². The summed E-state index contributed by atoms with van der Waals surface area (Å²) in [5.41, 5.74) is 3.65. The van der Waals surface area contributed by atoms with Crippen molar-refractivity contribution in [1.82, 2.24) is 0 Å². The van der Waals surface area contributed by atoms with Crippen LogP contribution in [0.4, 0.5) is 0 Å². The van der Waals surface area contributed by atoms with E-state index < -0.39 is 0 Å². The Morgan fingerprint density at radius 2 is 0.750 bits per heavy atom. The summed E-state index contributed by atoms with van der Waals surface area (Å²) in [6.07, 6.45) is 19.4. The zero-order valence-corrected chi connectivity index (χ0v) is 10.5. The van der Waals surface area contributed by atoms with Gasteiger partial charge < -0.3 is 0 Å². The van der Waals surface area contributed by atoms with E-state index in [1.165, 1.54) is 0 Å². The standard InChI is InChI=1S/C16H24/c1-3-13(4-1)7-9-15(13)11-12-16(15)10-8-14(16)5-2-6-14/h1-12H2/t15-,16-/m0/s1. The van der Waals surface area contributed by atoms with Crippen LogP contribution in [0.25, 0.3) is 0 Å². The maximum atomic E-state index is 1.63. The first kappa shape index (κ1) is 9.00. The van der Waals surface area contributed by atoms with Gasteiger partial charge in [0.05, 0.1) is 0 Å². The minimum atomic E-state index is 0.911. The SMILES string of the molecule is C1CC2(C1)CC[C@]21CC[C@]12CCC21CCC1. The average molecular weight is 216 g/mol. The van der Waals surface area contributed by atoms with Gasteiger partial charge in [-0.25, -0.2) is 0 Å². The molecule has 5 rings (SSSR count). The highest BCUT2D eigenvalue weighted by molar-refractivity contribution is 5.30. The number of fused-ring (bicyclic) bond motifs is 3. The summed E-state index contributed by atoms with van der Waals surface area (Å²) < 4.78 is 0. The lowest BCUT2D eigenvalue weighted by molar-refractivity contribution is -0.367. The lowest BCUT2D eigenvalue weighted by Gasteiger charge is -2.86. The Kier molecular flexibility index (Phi) is 1.28. The normalized spacial score (nSPS) is 54.0. The van der Waals surface area contributed by atoms with Crippen molar-refractivity contribution in [2.75, 3.05) is 0 Å². The predicted molar refractivity (Wildman–Crippen MR) is 65.1 cm³/mol. The van der Waals surface area contributed by atoms with Gasteiger partial charge in [0.1, 0.15) is 0 Å². The molecule has 5 aliphatic rings. The molecule has 0 radical (unpaired) electrons. The second-order valence-electron chi connectivity index (χ2n) is 7.93. The molecule has 0 unspecified atom stereocenters. The lowest BCUT2D eigenvalue weighted by atomic mass is 9.18. The van der Waals surface area contributed by atoms with E-state index in [9.17, 15) is 0 Å². The van der Waals surface area contributed by atoms with Gasteiger partial charge in [-0.15, -0.1) is 0 Å². The van der Waals surface area contributed by atoms with E-state index in [2.05, 4.69) is 0 Å². The first-order valence-electron chi connectivity index (χ1n) is 7.79. The molecule has 16 heavy (non-hydrogen) atoms. The minimum Gasteiger partial charge on any atom is -0.0522 e. The first-order valence-corrected chi connectivity index (χ1v) is 7.79. The monoisotopic (exact) mass is 216 g/mol. The van der Waals surface area contributed by atoms with Crippen molar-refractivity contribution in [1.29, 1.82) is 0 Å². The molecule has 0 amide bonds. The van der Waals surface area contributed by atoms with Crippen LogP contribution in [0.2, 0.25) is 0 Å². The van der Waals surface area contributed by atoms with Crippen molar-refractivity contribution in [2.24, 2.45) is 21.7 Å². The summed E-state index contributed by atoms with van der Waals surface area (Å²) in [6.45, 7) is 0. The molecule has 5 saturated carbocycles. The molecule has 0 bridgehead atoms. The van der Waals surface area contributed by atoms with Crippen LogP contribution in [0.1, 0.15) is 77.0 Å². The maximum absolute atomic E-state index is 1.63. The Labute approximate surface area is 99.2 Å². The second kappa shape index (κ2) is 2.27. The van der Waals surface area contributed by atoms with E-state index in [0.29, 0.717) is 0 Å². The Morgan fingerprint density at radius 3 is 0.875 bits per heavy atom. The number of hydrogen-bond donors (Lipinski definition) is 0. The summed E-state index contributed by atoms with van der Waals surface area (Å²) in [6, 6.07) is 0. The fraction of sp³-hybridized carbons (Fsp3) is 1.00. The van der Waals surface area contributed by atoms with E-state index in [1.54, 1.807) is 77.0 Å². The molecular formula is C16H24. The summed E-state index contributed by atoms with van der Waals surface area (Å²) >= 11 is 0. The second-order valence-corrected chi connectivity index (χ2v) is 7.93. The van der Waals surface area contributed by atoms with Crippen molar-refractivity contribution in [3.05, 3.63) is 0 Å². The topological polar surface area (TPSA) is 0 Å². The van der Waals surface area contributed by atoms with Gasteiger partial charge in [0, 0.05) is 0 Å². The van der Waals surface area contributed by atoms with Gasteiger partial charge in [0.25, 0.3) is 0 Å². The molecule has 2 atom stereocenters. The van der Waals surface area contributed by atoms with Crippen molar-refractivity contribution in [3.63, 3.8) is 0 Å². The van der Waals surface area contributed by atoms with Gasteiger partial charge in [0.2, 0.25) is 0 Å². The summed E-state index contributed by atoms with van der Waals surface area (Å²) in [4.78, 5) is 0. The third kappa shape index (κ3) is 0.578. The zero-order valence-electron chi connectivity index (χ0n) is 10.5. The molecule has 0 heteroatoms. The third-order valence-electron chi connectivity index (χ3n) is 8.61. The zero-order chi connectivity index (χ0) is 10.5. The van der Waals surface area contributed by atoms with Gasteiger partial charge in [0.15, 0.2) is 0 Å². The van der Waals surface area contributed by atoms with Gasteiger partial charge in [-0.1, -0.05) is 12.8 Å². The molecular weight excluding hydrogens is 192 g/mol. The Morgan fingerprint density at radius 1 is 0.375 bits per heavy atom. The molecule has 0 N–H and O–H groups in total. The summed E-state index contributed by atoms with van der Waals surface area (Å²) in [5, 5.41) is 0. The molecule has 4 spiro atoms. The van der Waals surface area contributed by atoms with Crippen LogP contribution in [0, 0.1) is 21.7 Å². The van der Waals surface area contributed by atoms with Crippen LogP contribution in [0.5, 0.6) is 0 Å². The average Bonchev–Trinajstić information content (AvgIpc) is 1.91. The van der Waals surface area contributed by atoms with Crippen LogP contribution >= 0.6 is 0 Å². The van der Waals surface area contributed by atoms with Crippen molar-refractivity contribution in [3.8, 4) is 0 Å². The molecule has 0 aromatic carbocycles. The molecule has 0 aromatic heterocycles. The smallest absolute Gasteiger partial charge is 0.0179 e. The number of rotatable bonds is 0. The predicted octanol–water partition coefficient (Wildman–Crippen LogP) is 4.68. The fourth-order valence-corrected chi connectivity index (χ4v) is 7.23. The largest absolute Gasteiger partial charge is 0.0522 e. The van der Waals surface area contributed by atoms with E-state index >= 15 is 0 Å². The van der Waals surface area contributed by atoms with E-state index in [4.69, 9.17) is 0 Å². The summed E-state index contributed by atoms with van der Waals surface area (Å²) in [5.74, 6) is 0. The molecule has 88 valence electrons. The molecule has 0 aliphatic heterocycles. The molecule has 0 saturated heterocycles. The Balaban J connectivity index is 1.57. The molecule has 0 aromatic rings. The quantitative estimate of drug-likeness (QED) is 0.551. The highest BCUT2D eigenvalue weighted by atomic mass is 14.9. The Hall–Kier alpha value is 0. The molecule has 0 heterocycles. The molecule has 5 aliphatic carbocycles. The minimum absolute atomic E-state index is 0.911. The summed E-state index contributed by atoms with van der Waals surface area (Å²) in [7, 11) is 0. The Bertz CT molecular complexity index is 305. The van der Waals surface area contributed by atoms with Crippen LogP contribution in [0.3, 0.4) is 0 Å². The van der Waals surface area contributed by atoms with Crippen LogP contribution in [0.15, 0.2) is 0 Å². The molecule has 5 fully saturated rings. The molecule has 0 nitrogen and oxygen atoms in total. The van der Waals surface area contributed by atoms with Crippen molar-refractivity contribution >= 4 is 0 Å². The fourth-order valence-electron chi connectivity index (χ4n) is 7.23. The van der Waals surface area contributed by atoms with Gasteiger partial charge >= 0.3 is 0 Å². The van der Waals surface area contributed by atoms with Crippen LogP contribution in [-0.4, -0.2) is 0 Å². The van der Waals surface area contributed by atoms with Crippen LogP contribution in [-0.2, 0) is 0 Å². The third-order valence-corrected chi connectivity index (χ3v) is 8.61. The van der Waals surface area contributed by atoms with Crippen molar-refractivity contribution in [2.45, 2.75) is 77.0 Å². The van der Waals surface area contributed by atoms with E-state index in [-0.39, 0.29) is 0 Å². The van der Waals surface area contributed by atoms with Gasteiger partial charge in [-0.2, -0.15) is 0 Å². The van der Waals surface area contributed by atoms with E-state index in [1.807, 2.05) is 0 Å². The maximum Gasteiger partial charge on any atom is -0.0179 e. The lowest BCUT2D eigenvalue weighted by Crippen LogP contribution is -2.77. The number of hydrogen-bond acceptors (Lipinski definition) is 0. The van der Waals surface area contributed by atoms with E-state index in [0.717, 1.165) is 21.7 Å².